The van der Waals surface area contributed by atoms with Gasteiger partial charge in [-0.1, -0.05) is 15.9 Å². The summed E-state index contributed by atoms with van der Waals surface area (Å²) in [4.78, 5) is 2.50. The third-order valence-corrected chi connectivity index (χ3v) is 6.62. The molecule has 0 radical (unpaired) electrons. The molecule has 1 fully saturated rings. The van der Waals surface area contributed by atoms with Crippen molar-refractivity contribution in [2.45, 2.75) is 29.7 Å². The van der Waals surface area contributed by atoms with Crippen LogP contribution in [0.1, 0.15) is 19.3 Å². The van der Waals surface area contributed by atoms with Gasteiger partial charge < -0.3 is 4.90 Å². The molecule has 1 aliphatic rings. The first kappa shape index (κ1) is 15.9. The Hall–Kier alpha value is -0.430. The van der Waals surface area contributed by atoms with Crippen LogP contribution in [0.4, 0.5) is 0 Å². The summed E-state index contributed by atoms with van der Waals surface area (Å²) in [6.07, 6.45) is 3.28. The van der Waals surface area contributed by atoms with Gasteiger partial charge in [0.05, 0.1) is 4.90 Å². The number of hydrogen-bond acceptors (Lipinski definition) is 3. The van der Waals surface area contributed by atoms with Gasteiger partial charge in [0.1, 0.15) is 0 Å². The van der Waals surface area contributed by atoms with Crippen LogP contribution in [0, 0.1) is 0 Å². The fraction of sp³-hybridized carbons (Fsp3) is 0.571. The predicted octanol–water partition coefficient (Wildman–Crippen LogP) is 2.55. The zero-order valence-corrected chi connectivity index (χ0v) is 14.5. The van der Waals surface area contributed by atoms with E-state index in [1.807, 2.05) is 14.1 Å². The van der Waals surface area contributed by atoms with E-state index in [4.69, 9.17) is 0 Å². The summed E-state index contributed by atoms with van der Waals surface area (Å²) < 4.78 is 27.5. The zero-order valence-electron chi connectivity index (χ0n) is 12.1. The molecule has 1 saturated carbocycles. The quantitative estimate of drug-likeness (QED) is 0.809. The third-order valence-electron chi connectivity index (χ3n) is 4.27. The van der Waals surface area contributed by atoms with Crippen molar-refractivity contribution in [1.82, 2.24) is 9.21 Å². The summed E-state index contributed by atoms with van der Waals surface area (Å²) in [6.45, 7) is 0.540. The minimum atomic E-state index is -3.41. The van der Waals surface area contributed by atoms with Crippen molar-refractivity contribution in [2.24, 2.45) is 0 Å². The molecule has 0 unspecified atom stereocenters. The lowest BCUT2D eigenvalue weighted by atomic mass is 9.75. The maximum atomic E-state index is 12.6. The van der Waals surface area contributed by atoms with Gasteiger partial charge in [-0.15, -0.1) is 0 Å². The molecule has 0 bridgehead atoms. The van der Waals surface area contributed by atoms with Crippen LogP contribution in [0.3, 0.4) is 0 Å². The summed E-state index contributed by atoms with van der Waals surface area (Å²) in [5.74, 6) is 0. The highest BCUT2D eigenvalue weighted by Gasteiger charge is 2.42. The van der Waals surface area contributed by atoms with E-state index >= 15 is 0 Å². The minimum Gasteiger partial charge on any atom is -0.302 e. The first-order chi connectivity index (χ1) is 9.28. The van der Waals surface area contributed by atoms with Gasteiger partial charge in [-0.3, -0.25) is 0 Å². The topological polar surface area (TPSA) is 40.6 Å². The van der Waals surface area contributed by atoms with Gasteiger partial charge >= 0.3 is 0 Å². The number of hydrogen-bond donors (Lipinski definition) is 0. The summed E-state index contributed by atoms with van der Waals surface area (Å²) >= 11 is 3.32. The number of rotatable bonds is 5. The summed E-state index contributed by atoms with van der Waals surface area (Å²) in [6, 6.07) is 6.79. The van der Waals surface area contributed by atoms with Crippen molar-refractivity contribution in [1.29, 1.82) is 0 Å². The molecule has 2 rings (SSSR count). The van der Waals surface area contributed by atoms with Gasteiger partial charge in [0.2, 0.25) is 10.0 Å². The summed E-state index contributed by atoms with van der Waals surface area (Å²) in [5, 5.41) is 0. The maximum absolute atomic E-state index is 12.6. The van der Waals surface area contributed by atoms with Gasteiger partial charge in [0.25, 0.3) is 0 Å². The summed E-state index contributed by atoms with van der Waals surface area (Å²) in [5.41, 5.74) is -0.00279. The molecule has 1 aliphatic carbocycles. The molecule has 20 heavy (non-hydrogen) atoms. The standard InChI is InChI=1S/C14H21BrN2O2S/c1-16(2)14(9-4-10-14)11-17(3)20(18,19)13-7-5-12(15)6-8-13/h5-8H,4,9-11H2,1-3H3. The van der Waals surface area contributed by atoms with Crippen LogP contribution in [-0.4, -0.2) is 50.8 Å². The normalized spacial score (nSPS) is 18.3. The zero-order chi connectivity index (χ0) is 15.0. The molecule has 0 N–H and O–H groups in total. The highest BCUT2D eigenvalue weighted by Crippen LogP contribution is 2.37. The lowest BCUT2D eigenvalue weighted by Crippen LogP contribution is -2.57. The highest BCUT2D eigenvalue weighted by atomic mass is 79.9. The van der Waals surface area contributed by atoms with Crippen LogP contribution >= 0.6 is 15.9 Å². The lowest BCUT2D eigenvalue weighted by molar-refractivity contribution is 0.0455. The predicted molar refractivity (Wildman–Crippen MR) is 84.2 cm³/mol. The molecule has 0 aliphatic heterocycles. The maximum Gasteiger partial charge on any atom is 0.242 e. The van der Waals surface area contributed by atoms with E-state index < -0.39 is 10.0 Å². The summed E-state index contributed by atoms with van der Waals surface area (Å²) in [7, 11) is 2.31. The fourth-order valence-electron chi connectivity index (χ4n) is 2.62. The molecule has 0 spiro atoms. The van der Waals surface area contributed by atoms with E-state index in [0.717, 1.165) is 17.3 Å². The second-order valence-electron chi connectivity index (χ2n) is 5.69. The van der Waals surface area contributed by atoms with Crippen LogP contribution in [0.25, 0.3) is 0 Å². The first-order valence-corrected chi connectivity index (χ1v) is 8.91. The van der Waals surface area contributed by atoms with E-state index in [9.17, 15) is 8.42 Å². The van der Waals surface area contributed by atoms with Gasteiger partial charge in [-0.05, 0) is 57.6 Å². The average molecular weight is 361 g/mol. The van der Waals surface area contributed by atoms with Gasteiger partial charge in [0, 0.05) is 23.6 Å². The monoisotopic (exact) mass is 360 g/mol. The first-order valence-electron chi connectivity index (χ1n) is 6.67. The van der Waals surface area contributed by atoms with Crippen molar-refractivity contribution in [2.75, 3.05) is 27.7 Å². The molecule has 0 heterocycles. The Morgan fingerprint density at radius 2 is 1.70 bits per heavy atom. The second-order valence-corrected chi connectivity index (χ2v) is 8.65. The van der Waals surface area contributed by atoms with E-state index in [0.29, 0.717) is 11.4 Å². The van der Waals surface area contributed by atoms with Crippen LogP contribution in [0.2, 0.25) is 0 Å². The van der Waals surface area contributed by atoms with E-state index in [-0.39, 0.29) is 5.54 Å². The molecule has 1 aromatic rings. The Morgan fingerprint density at radius 1 is 1.15 bits per heavy atom. The fourth-order valence-corrected chi connectivity index (χ4v) is 4.13. The molecular formula is C14H21BrN2O2S. The van der Waals surface area contributed by atoms with Crippen molar-refractivity contribution < 1.29 is 8.42 Å². The molecular weight excluding hydrogens is 340 g/mol. The third kappa shape index (κ3) is 2.93. The SMILES string of the molecule is CN(C)C1(CN(C)S(=O)(=O)c2ccc(Br)cc2)CCC1. The van der Waals surface area contributed by atoms with E-state index in [1.165, 1.54) is 10.7 Å². The van der Waals surface area contributed by atoms with Crippen molar-refractivity contribution in [3.63, 3.8) is 0 Å². The van der Waals surface area contributed by atoms with Gasteiger partial charge in [-0.25, -0.2) is 8.42 Å². The Balaban J connectivity index is 2.19. The number of likely N-dealkylation sites (N-methyl/N-ethyl adjacent to an activating group) is 2. The Morgan fingerprint density at radius 3 is 2.10 bits per heavy atom. The minimum absolute atomic E-state index is 0.00279. The van der Waals surface area contributed by atoms with Crippen LogP contribution in [0.15, 0.2) is 33.6 Å². The molecule has 4 nitrogen and oxygen atoms in total. The number of halogens is 1. The molecule has 0 atom stereocenters. The molecule has 0 saturated heterocycles. The van der Waals surface area contributed by atoms with E-state index in [2.05, 4.69) is 20.8 Å². The highest BCUT2D eigenvalue weighted by molar-refractivity contribution is 9.10. The van der Waals surface area contributed by atoms with Crippen LogP contribution in [-0.2, 0) is 10.0 Å². The molecule has 6 heteroatoms. The molecule has 0 amide bonds. The van der Waals surface area contributed by atoms with Crippen molar-refractivity contribution in [3.05, 3.63) is 28.7 Å². The van der Waals surface area contributed by atoms with Crippen molar-refractivity contribution in [3.8, 4) is 0 Å². The van der Waals surface area contributed by atoms with Crippen LogP contribution in [0.5, 0.6) is 0 Å². The average Bonchev–Trinajstić information content (AvgIpc) is 2.33. The Kier molecular flexibility index (Phi) is 4.59. The number of nitrogens with zero attached hydrogens (tertiary/aromatic N) is 2. The Labute approximate surface area is 129 Å². The lowest BCUT2D eigenvalue weighted by Gasteiger charge is -2.48. The molecule has 1 aromatic carbocycles. The second kappa shape index (κ2) is 5.75. The molecule has 0 aromatic heterocycles. The number of benzene rings is 1. The van der Waals surface area contributed by atoms with E-state index in [1.54, 1.807) is 31.3 Å². The van der Waals surface area contributed by atoms with Crippen molar-refractivity contribution >= 4 is 26.0 Å². The van der Waals surface area contributed by atoms with Gasteiger partial charge in [-0.2, -0.15) is 4.31 Å². The van der Waals surface area contributed by atoms with Gasteiger partial charge in [0.15, 0.2) is 0 Å². The van der Waals surface area contributed by atoms with Crippen LogP contribution < -0.4 is 0 Å². The molecule has 112 valence electrons. The smallest absolute Gasteiger partial charge is 0.242 e. The number of sulfonamides is 1. The Bertz CT molecular complexity index is 565. The largest absolute Gasteiger partial charge is 0.302 e.